The van der Waals surface area contributed by atoms with Crippen LogP contribution in [0, 0.1) is 29.1 Å². The minimum Gasteiger partial charge on any atom is -0.267 e. The van der Waals surface area contributed by atoms with Crippen LogP contribution in [-0.2, 0) is 0 Å². The zero-order chi connectivity index (χ0) is 17.1. The van der Waals surface area contributed by atoms with Crippen LogP contribution < -0.4 is 5.43 Å². The van der Waals surface area contributed by atoms with Gasteiger partial charge in [0, 0.05) is 10.0 Å². The van der Waals surface area contributed by atoms with E-state index in [9.17, 15) is 26.7 Å². The maximum atomic E-state index is 13.4. The first-order valence-corrected chi connectivity index (χ1v) is 6.72. The number of nitrogens with zero attached hydrogens (tertiary/aromatic N) is 1. The summed E-state index contributed by atoms with van der Waals surface area (Å²) in [6.07, 6.45) is 0.340. The second kappa shape index (κ2) is 6.86. The minimum atomic E-state index is -2.27. The van der Waals surface area contributed by atoms with Gasteiger partial charge in [-0.05, 0) is 24.3 Å². The van der Waals surface area contributed by atoms with Crippen LogP contribution in [0.25, 0.3) is 0 Å². The molecule has 1 amide bonds. The molecule has 0 fully saturated rings. The first-order chi connectivity index (χ1) is 10.8. The van der Waals surface area contributed by atoms with Gasteiger partial charge in [0.25, 0.3) is 5.91 Å². The molecule has 0 unspecified atom stereocenters. The molecule has 2 rings (SSSR count). The van der Waals surface area contributed by atoms with Crippen molar-refractivity contribution in [1.82, 2.24) is 5.43 Å². The van der Waals surface area contributed by atoms with Crippen LogP contribution >= 0.6 is 15.9 Å². The van der Waals surface area contributed by atoms with Crippen LogP contribution in [0.4, 0.5) is 22.0 Å². The Morgan fingerprint density at radius 3 is 1.91 bits per heavy atom. The molecule has 0 aliphatic heterocycles. The molecule has 9 heteroatoms. The Balaban J connectivity index is 2.21. The van der Waals surface area contributed by atoms with E-state index >= 15 is 0 Å². The molecule has 0 saturated carbocycles. The zero-order valence-corrected chi connectivity index (χ0v) is 12.6. The monoisotopic (exact) mass is 392 g/mol. The molecule has 2 aromatic carbocycles. The maximum absolute atomic E-state index is 13.4. The molecule has 0 aromatic heterocycles. The van der Waals surface area contributed by atoms with Crippen LogP contribution in [0.15, 0.2) is 33.8 Å². The second-order valence-corrected chi connectivity index (χ2v) is 5.11. The molecule has 3 nitrogen and oxygen atoms in total. The van der Waals surface area contributed by atoms with E-state index in [1.54, 1.807) is 12.1 Å². The fourth-order valence-electron chi connectivity index (χ4n) is 1.56. The van der Waals surface area contributed by atoms with Crippen molar-refractivity contribution in [2.24, 2.45) is 5.10 Å². The minimum absolute atomic E-state index is 0.183. The Kier molecular flexibility index (Phi) is 5.09. The topological polar surface area (TPSA) is 41.5 Å². The van der Waals surface area contributed by atoms with Gasteiger partial charge in [-0.1, -0.05) is 15.9 Å². The lowest BCUT2D eigenvalue weighted by Gasteiger charge is -2.04. The lowest BCUT2D eigenvalue weighted by atomic mass is 10.2. The number of carbonyl (C=O) groups excluding carboxylic acids is 1. The Bertz CT molecular complexity index is 764. The van der Waals surface area contributed by atoms with Crippen molar-refractivity contribution in [1.29, 1.82) is 0 Å². The molecule has 0 radical (unpaired) electrons. The Hall–Kier alpha value is -2.29. The first-order valence-electron chi connectivity index (χ1n) is 5.93. The summed E-state index contributed by atoms with van der Waals surface area (Å²) in [7, 11) is 0. The number of nitrogens with one attached hydrogen (secondary N) is 1. The van der Waals surface area contributed by atoms with E-state index in [1.807, 2.05) is 5.43 Å². The Morgan fingerprint density at radius 1 is 0.913 bits per heavy atom. The molecule has 0 aliphatic carbocycles. The summed E-state index contributed by atoms with van der Waals surface area (Å²) in [6.45, 7) is 0. The van der Waals surface area contributed by atoms with E-state index in [2.05, 4.69) is 21.0 Å². The quantitative estimate of drug-likeness (QED) is 0.278. The van der Waals surface area contributed by atoms with Crippen molar-refractivity contribution >= 4 is 28.1 Å². The smallest absolute Gasteiger partial charge is 0.267 e. The summed E-state index contributed by atoms with van der Waals surface area (Å²) in [4.78, 5) is 11.7. The molecule has 2 aromatic rings. The van der Waals surface area contributed by atoms with Crippen LogP contribution in [0.2, 0.25) is 0 Å². The normalized spacial score (nSPS) is 11.0. The van der Waals surface area contributed by atoms with Crippen LogP contribution in [0.5, 0.6) is 0 Å². The van der Waals surface area contributed by atoms with Gasteiger partial charge in [-0.25, -0.2) is 27.4 Å². The van der Waals surface area contributed by atoms with Crippen molar-refractivity contribution in [3.05, 3.63) is 69.0 Å². The van der Waals surface area contributed by atoms with Crippen LogP contribution in [-0.4, -0.2) is 12.1 Å². The van der Waals surface area contributed by atoms with Crippen LogP contribution in [0.1, 0.15) is 15.9 Å². The number of hydrogen-bond acceptors (Lipinski definition) is 2. The third kappa shape index (κ3) is 3.55. The van der Waals surface area contributed by atoms with E-state index in [-0.39, 0.29) is 5.56 Å². The molecule has 0 spiro atoms. The van der Waals surface area contributed by atoms with Gasteiger partial charge in [-0.2, -0.15) is 5.10 Å². The highest BCUT2D eigenvalue weighted by atomic mass is 79.9. The molecule has 0 heterocycles. The summed E-state index contributed by atoms with van der Waals surface area (Å²) in [6, 6.07) is 6.02. The van der Waals surface area contributed by atoms with E-state index in [1.165, 1.54) is 12.1 Å². The Morgan fingerprint density at radius 2 is 1.39 bits per heavy atom. The zero-order valence-electron chi connectivity index (χ0n) is 11.0. The average Bonchev–Trinajstić information content (AvgIpc) is 2.54. The van der Waals surface area contributed by atoms with Gasteiger partial charge in [0.05, 0.1) is 11.8 Å². The summed E-state index contributed by atoms with van der Waals surface area (Å²) < 4.78 is 66.3. The van der Waals surface area contributed by atoms with Gasteiger partial charge in [0.1, 0.15) is 0 Å². The van der Waals surface area contributed by atoms with Gasteiger partial charge >= 0.3 is 0 Å². The summed E-state index contributed by atoms with van der Waals surface area (Å²) >= 11 is 3.17. The van der Waals surface area contributed by atoms with Crippen molar-refractivity contribution in [3.8, 4) is 0 Å². The van der Waals surface area contributed by atoms with Crippen LogP contribution in [0.3, 0.4) is 0 Å². The third-order valence-corrected chi connectivity index (χ3v) is 3.24. The van der Waals surface area contributed by atoms with Gasteiger partial charge in [-0.15, -0.1) is 0 Å². The van der Waals surface area contributed by atoms with Gasteiger partial charge < -0.3 is 0 Å². The molecule has 120 valence electrons. The SMILES string of the molecule is O=C(N/N=C\c1c(F)c(F)c(F)c(F)c1F)c1ccc(Br)cc1. The standard InChI is InChI=1S/C14H6BrF5N2O/c15-7-3-1-6(2-4-7)14(23)22-21-5-8-9(16)11(18)13(20)12(19)10(8)17/h1-5H,(H,22,23)/b21-5-. The van der Waals surface area contributed by atoms with E-state index in [4.69, 9.17) is 0 Å². The number of hydrogen-bond donors (Lipinski definition) is 1. The van der Waals surface area contributed by atoms with Gasteiger partial charge in [0.15, 0.2) is 23.3 Å². The lowest BCUT2D eigenvalue weighted by Crippen LogP contribution is -2.18. The molecule has 1 N–H and O–H groups in total. The molecular weight excluding hydrogens is 387 g/mol. The highest BCUT2D eigenvalue weighted by Gasteiger charge is 2.24. The van der Waals surface area contributed by atoms with Gasteiger partial charge in [0.2, 0.25) is 5.82 Å². The predicted octanol–water partition coefficient (Wildman–Crippen LogP) is 3.91. The van der Waals surface area contributed by atoms with E-state index in [0.29, 0.717) is 6.21 Å². The van der Waals surface area contributed by atoms with Gasteiger partial charge in [-0.3, -0.25) is 4.79 Å². The molecule has 23 heavy (non-hydrogen) atoms. The fourth-order valence-corrected chi connectivity index (χ4v) is 1.82. The number of hydrazone groups is 1. The van der Waals surface area contributed by atoms with Crippen molar-refractivity contribution in [3.63, 3.8) is 0 Å². The highest BCUT2D eigenvalue weighted by molar-refractivity contribution is 9.10. The summed E-state index contributed by atoms with van der Waals surface area (Å²) in [5, 5.41) is 3.20. The van der Waals surface area contributed by atoms with Crippen molar-refractivity contribution < 1.29 is 26.7 Å². The Labute approximate surface area is 134 Å². The number of rotatable bonds is 3. The largest absolute Gasteiger partial charge is 0.271 e. The summed E-state index contributed by atoms with van der Waals surface area (Å²) in [5.74, 6) is -11.3. The molecule has 0 atom stereocenters. The fraction of sp³-hybridized carbons (Fsp3) is 0. The number of amides is 1. The average molecular weight is 393 g/mol. The maximum Gasteiger partial charge on any atom is 0.271 e. The molecule has 0 saturated heterocycles. The summed E-state index contributed by atoms with van der Waals surface area (Å²) in [5.41, 5.74) is 0.849. The van der Waals surface area contributed by atoms with Crippen molar-refractivity contribution in [2.75, 3.05) is 0 Å². The number of benzene rings is 2. The second-order valence-electron chi connectivity index (χ2n) is 4.19. The number of halogens is 6. The lowest BCUT2D eigenvalue weighted by molar-refractivity contribution is 0.0955. The molecule has 0 aliphatic rings. The molecule has 0 bridgehead atoms. The molecular formula is C14H6BrF5N2O. The van der Waals surface area contributed by atoms with E-state index in [0.717, 1.165) is 4.47 Å². The first kappa shape index (κ1) is 17.1. The number of carbonyl (C=O) groups is 1. The predicted molar refractivity (Wildman–Crippen MR) is 75.4 cm³/mol. The highest BCUT2D eigenvalue weighted by Crippen LogP contribution is 2.21. The van der Waals surface area contributed by atoms with Crippen molar-refractivity contribution in [2.45, 2.75) is 0 Å². The van der Waals surface area contributed by atoms with E-state index < -0.39 is 40.6 Å². The third-order valence-electron chi connectivity index (χ3n) is 2.71.